The number of ether oxygens (including phenoxy) is 1. The number of piperidine rings is 1. The number of methoxy groups -OCH3 is 1. The number of nitrogens with zero attached hydrogens (tertiary/aromatic N) is 3. The van der Waals surface area contributed by atoms with E-state index in [0.717, 1.165) is 18.4 Å². The Hall–Kier alpha value is -1.95. The van der Waals surface area contributed by atoms with Crippen LogP contribution < -0.4 is 0 Å². The van der Waals surface area contributed by atoms with Gasteiger partial charge in [0.15, 0.2) is 0 Å². The number of carbonyl (C=O) groups excluding carboxylic acids is 2. The van der Waals surface area contributed by atoms with Crippen LogP contribution in [0.15, 0.2) is 24.5 Å². The molecule has 0 unspecified atom stereocenters. The van der Waals surface area contributed by atoms with Gasteiger partial charge < -0.3 is 14.5 Å². The van der Waals surface area contributed by atoms with Gasteiger partial charge >= 0.3 is 0 Å². The van der Waals surface area contributed by atoms with Gasteiger partial charge in [-0.05, 0) is 24.5 Å². The molecule has 2 aliphatic heterocycles. The highest BCUT2D eigenvalue weighted by Crippen LogP contribution is 2.48. The molecule has 0 aromatic carbocycles. The number of likely N-dealkylation sites (tertiary alicyclic amines) is 2. The number of pyridine rings is 1. The maximum Gasteiger partial charge on any atom is 0.223 e. The van der Waals surface area contributed by atoms with Crippen LogP contribution in [0.25, 0.3) is 0 Å². The standard InChI is InChI=1S/C19H27N3O3/c1-3-17(23)21-9-6-19(7-10-21)16(15-5-4-8-20-14-15)13-18(24)22(19)11-12-25-2/h4-5,8,14,16H,3,6-7,9-13H2,1-2H3/t16-/m0/s1. The largest absolute Gasteiger partial charge is 0.383 e. The molecule has 0 saturated carbocycles. The molecule has 2 amide bonds. The van der Waals surface area contributed by atoms with Gasteiger partial charge in [0.05, 0.1) is 12.1 Å². The first-order valence-electron chi connectivity index (χ1n) is 9.09. The predicted molar refractivity (Wildman–Crippen MR) is 94.0 cm³/mol. The van der Waals surface area contributed by atoms with E-state index in [0.29, 0.717) is 39.1 Å². The van der Waals surface area contributed by atoms with E-state index < -0.39 is 0 Å². The third-order valence-electron chi connectivity index (χ3n) is 5.76. The van der Waals surface area contributed by atoms with Gasteiger partial charge in [0, 0.05) is 57.9 Å². The lowest BCUT2D eigenvalue weighted by Crippen LogP contribution is -2.56. The quantitative estimate of drug-likeness (QED) is 0.817. The zero-order valence-corrected chi connectivity index (χ0v) is 15.1. The van der Waals surface area contributed by atoms with Gasteiger partial charge in [-0.3, -0.25) is 14.6 Å². The Bertz CT molecular complexity index is 612. The molecule has 1 spiro atoms. The fourth-order valence-electron chi connectivity index (χ4n) is 4.44. The van der Waals surface area contributed by atoms with Crippen LogP contribution in [0.1, 0.15) is 44.1 Å². The van der Waals surface area contributed by atoms with Gasteiger partial charge in [-0.25, -0.2) is 0 Å². The molecule has 3 heterocycles. The van der Waals surface area contributed by atoms with E-state index in [1.807, 2.05) is 29.0 Å². The van der Waals surface area contributed by atoms with Crippen molar-refractivity contribution in [3.05, 3.63) is 30.1 Å². The molecule has 1 atom stereocenters. The Morgan fingerprint density at radius 2 is 2.16 bits per heavy atom. The lowest BCUT2D eigenvalue weighted by molar-refractivity contribution is -0.137. The van der Waals surface area contributed by atoms with Crippen molar-refractivity contribution in [1.29, 1.82) is 0 Å². The normalized spacial score (nSPS) is 22.6. The fraction of sp³-hybridized carbons (Fsp3) is 0.632. The third kappa shape index (κ3) is 3.27. The highest BCUT2D eigenvalue weighted by Gasteiger charge is 2.54. The first-order chi connectivity index (χ1) is 12.1. The predicted octanol–water partition coefficient (Wildman–Crippen LogP) is 1.82. The maximum absolute atomic E-state index is 12.8. The number of carbonyl (C=O) groups is 2. The van der Waals surface area contributed by atoms with Crippen LogP contribution in [0, 0.1) is 0 Å². The van der Waals surface area contributed by atoms with E-state index in [4.69, 9.17) is 4.74 Å². The summed E-state index contributed by atoms with van der Waals surface area (Å²) in [5, 5.41) is 0. The van der Waals surface area contributed by atoms with Crippen LogP contribution >= 0.6 is 0 Å². The minimum atomic E-state index is -0.233. The molecule has 2 fully saturated rings. The summed E-state index contributed by atoms with van der Waals surface area (Å²) in [6, 6.07) is 4.00. The maximum atomic E-state index is 12.8. The Kier molecular flexibility index (Phi) is 5.37. The van der Waals surface area contributed by atoms with E-state index in [-0.39, 0.29) is 23.3 Å². The lowest BCUT2D eigenvalue weighted by Gasteiger charge is -2.48. The van der Waals surface area contributed by atoms with E-state index >= 15 is 0 Å². The highest BCUT2D eigenvalue weighted by atomic mass is 16.5. The molecule has 0 bridgehead atoms. The van der Waals surface area contributed by atoms with Crippen molar-refractivity contribution in [2.75, 3.05) is 33.4 Å². The number of aromatic nitrogens is 1. The van der Waals surface area contributed by atoms with Gasteiger partial charge in [-0.15, -0.1) is 0 Å². The van der Waals surface area contributed by atoms with Crippen molar-refractivity contribution in [2.24, 2.45) is 0 Å². The SMILES string of the molecule is CCC(=O)N1CCC2(CC1)[C@H](c1cccnc1)CC(=O)N2CCOC. The second kappa shape index (κ2) is 7.52. The molecule has 25 heavy (non-hydrogen) atoms. The Morgan fingerprint density at radius 3 is 2.76 bits per heavy atom. The Labute approximate surface area is 149 Å². The first kappa shape index (κ1) is 17.9. The molecule has 3 rings (SSSR count). The van der Waals surface area contributed by atoms with Crippen molar-refractivity contribution < 1.29 is 14.3 Å². The van der Waals surface area contributed by atoms with Crippen LogP contribution in [-0.4, -0.2) is 65.5 Å². The summed E-state index contributed by atoms with van der Waals surface area (Å²) in [5.74, 6) is 0.506. The number of amides is 2. The molecule has 6 nitrogen and oxygen atoms in total. The van der Waals surface area contributed by atoms with Crippen molar-refractivity contribution in [3.63, 3.8) is 0 Å². The van der Waals surface area contributed by atoms with E-state index in [1.165, 1.54) is 0 Å². The summed E-state index contributed by atoms with van der Waals surface area (Å²) in [5.41, 5.74) is 0.884. The fourth-order valence-corrected chi connectivity index (χ4v) is 4.44. The van der Waals surface area contributed by atoms with Gasteiger partial charge in [0.1, 0.15) is 0 Å². The van der Waals surface area contributed by atoms with Gasteiger partial charge in [0.25, 0.3) is 0 Å². The first-order valence-corrected chi connectivity index (χ1v) is 9.09. The summed E-state index contributed by atoms with van der Waals surface area (Å²) in [6.07, 6.45) is 6.31. The number of hydrogen-bond donors (Lipinski definition) is 0. The minimum absolute atomic E-state index is 0.129. The minimum Gasteiger partial charge on any atom is -0.383 e. The van der Waals surface area contributed by atoms with Crippen LogP contribution in [0.2, 0.25) is 0 Å². The summed E-state index contributed by atoms with van der Waals surface area (Å²) in [6.45, 7) is 4.45. The summed E-state index contributed by atoms with van der Waals surface area (Å²) in [4.78, 5) is 33.0. The van der Waals surface area contributed by atoms with E-state index in [9.17, 15) is 9.59 Å². The van der Waals surface area contributed by atoms with Crippen LogP contribution in [0.4, 0.5) is 0 Å². The number of hydrogen-bond acceptors (Lipinski definition) is 4. The highest BCUT2D eigenvalue weighted by molar-refractivity contribution is 5.82. The van der Waals surface area contributed by atoms with Crippen molar-refractivity contribution in [1.82, 2.24) is 14.8 Å². The summed E-state index contributed by atoms with van der Waals surface area (Å²) < 4.78 is 5.23. The lowest BCUT2D eigenvalue weighted by atomic mass is 9.74. The van der Waals surface area contributed by atoms with Crippen molar-refractivity contribution in [2.45, 2.75) is 44.1 Å². The second-order valence-electron chi connectivity index (χ2n) is 6.92. The Balaban J connectivity index is 1.89. The van der Waals surface area contributed by atoms with Crippen LogP contribution in [0.3, 0.4) is 0 Å². The molecule has 0 N–H and O–H groups in total. The molecule has 2 saturated heterocycles. The molecule has 0 radical (unpaired) electrons. The van der Waals surface area contributed by atoms with Gasteiger partial charge in [-0.1, -0.05) is 13.0 Å². The van der Waals surface area contributed by atoms with Crippen molar-refractivity contribution >= 4 is 11.8 Å². The van der Waals surface area contributed by atoms with Gasteiger partial charge in [-0.2, -0.15) is 0 Å². The molecule has 6 heteroatoms. The molecule has 1 aromatic rings. The van der Waals surface area contributed by atoms with Gasteiger partial charge in [0.2, 0.25) is 11.8 Å². The zero-order chi connectivity index (χ0) is 17.9. The zero-order valence-electron chi connectivity index (χ0n) is 15.1. The smallest absolute Gasteiger partial charge is 0.223 e. The molecular weight excluding hydrogens is 318 g/mol. The summed E-state index contributed by atoms with van der Waals surface area (Å²) >= 11 is 0. The molecule has 1 aromatic heterocycles. The topological polar surface area (TPSA) is 62.7 Å². The molecular formula is C19H27N3O3. The van der Waals surface area contributed by atoms with Crippen LogP contribution in [-0.2, 0) is 14.3 Å². The monoisotopic (exact) mass is 345 g/mol. The summed E-state index contributed by atoms with van der Waals surface area (Å²) in [7, 11) is 1.66. The van der Waals surface area contributed by atoms with Crippen LogP contribution in [0.5, 0.6) is 0 Å². The molecule has 0 aliphatic carbocycles. The molecule has 136 valence electrons. The van der Waals surface area contributed by atoms with Crippen molar-refractivity contribution in [3.8, 4) is 0 Å². The average molecular weight is 345 g/mol. The third-order valence-corrected chi connectivity index (χ3v) is 5.76. The van der Waals surface area contributed by atoms with E-state index in [1.54, 1.807) is 13.3 Å². The Morgan fingerprint density at radius 1 is 1.40 bits per heavy atom. The van der Waals surface area contributed by atoms with E-state index in [2.05, 4.69) is 11.1 Å². The molecule has 2 aliphatic rings. The average Bonchev–Trinajstić information content (AvgIpc) is 2.92. The number of rotatable bonds is 5. The second-order valence-corrected chi connectivity index (χ2v) is 6.92.